The van der Waals surface area contributed by atoms with Crippen LogP contribution in [0.3, 0.4) is 0 Å². The summed E-state index contributed by atoms with van der Waals surface area (Å²) in [5, 5.41) is 12.0. The van der Waals surface area contributed by atoms with Gasteiger partial charge in [-0.05, 0) is 24.6 Å². The average Bonchev–Trinajstić information content (AvgIpc) is 2.86. The van der Waals surface area contributed by atoms with Crippen molar-refractivity contribution in [2.24, 2.45) is 10.9 Å². The molecule has 0 aliphatic heterocycles. The number of benzene rings is 1. The van der Waals surface area contributed by atoms with E-state index in [-0.39, 0.29) is 5.84 Å². The summed E-state index contributed by atoms with van der Waals surface area (Å²) in [5.41, 5.74) is 7.25. The van der Waals surface area contributed by atoms with E-state index in [1.54, 1.807) is 6.20 Å². The Labute approximate surface area is 119 Å². The Bertz CT molecular complexity index is 606. The molecular weight excluding hydrogens is 308 g/mol. The maximum absolute atomic E-state index is 8.90. The Balaban J connectivity index is 2.58. The van der Waals surface area contributed by atoms with Gasteiger partial charge in [-0.1, -0.05) is 28.0 Å². The molecular formula is C13H15BrN4O. The SMILES string of the molecule is CCCc1nccn1-c1ccc(Br)cc1/C(N)=N/O. The maximum atomic E-state index is 8.90. The van der Waals surface area contributed by atoms with Crippen LogP contribution >= 0.6 is 15.9 Å². The summed E-state index contributed by atoms with van der Waals surface area (Å²) in [5.74, 6) is 1.03. The summed E-state index contributed by atoms with van der Waals surface area (Å²) >= 11 is 3.39. The minimum atomic E-state index is 0.0763. The third-order valence-corrected chi connectivity index (χ3v) is 3.29. The molecule has 1 heterocycles. The number of rotatable bonds is 4. The molecule has 3 N–H and O–H groups in total. The number of halogens is 1. The van der Waals surface area contributed by atoms with Gasteiger partial charge in [-0.2, -0.15) is 0 Å². The van der Waals surface area contributed by atoms with Crippen molar-refractivity contribution in [3.63, 3.8) is 0 Å². The van der Waals surface area contributed by atoms with E-state index in [9.17, 15) is 0 Å². The largest absolute Gasteiger partial charge is 0.409 e. The van der Waals surface area contributed by atoms with E-state index in [2.05, 4.69) is 33.0 Å². The Morgan fingerprint density at radius 2 is 2.32 bits per heavy atom. The predicted octanol–water partition coefficient (Wildman–Crippen LogP) is 2.68. The molecule has 0 saturated heterocycles. The van der Waals surface area contributed by atoms with Gasteiger partial charge in [0.2, 0.25) is 0 Å². The fourth-order valence-electron chi connectivity index (χ4n) is 1.94. The zero-order chi connectivity index (χ0) is 13.8. The number of oxime groups is 1. The molecule has 0 atom stereocenters. The van der Waals surface area contributed by atoms with Crippen LogP contribution in [0.2, 0.25) is 0 Å². The molecule has 6 heteroatoms. The molecule has 0 spiro atoms. The summed E-state index contributed by atoms with van der Waals surface area (Å²) in [7, 11) is 0. The van der Waals surface area contributed by atoms with E-state index in [4.69, 9.17) is 10.9 Å². The van der Waals surface area contributed by atoms with Crippen LogP contribution in [0.5, 0.6) is 0 Å². The topological polar surface area (TPSA) is 76.4 Å². The molecule has 2 aromatic rings. The first-order valence-corrected chi connectivity index (χ1v) is 6.76. The number of imidazole rings is 1. The van der Waals surface area contributed by atoms with Gasteiger partial charge in [-0.25, -0.2) is 4.98 Å². The number of aryl methyl sites for hydroxylation is 1. The van der Waals surface area contributed by atoms with E-state index in [0.29, 0.717) is 5.56 Å². The zero-order valence-electron chi connectivity index (χ0n) is 10.5. The van der Waals surface area contributed by atoms with Crippen molar-refractivity contribution in [1.82, 2.24) is 9.55 Å². The lowest BCUT2D eigenvalue weighted by Crippen LogP contribution is -2.17. The summed E-state index contributed by atoms with van der Waals surface area (Å²) in [4.78, 5) is 4.34. The molecule has 0 amide bonds. The van der Waals surface area contributed by atoms with E-state index >= 15 is 0 Å². The van der Waals surface area contributed by atoms with E-state index in [0.717, 1.165) is 28.8 Å². The molecule has 1 aromatic carbocycles. The zero-order valence-corrected chi connectivity index (χ0v) is 12.1. The first-order valence-electron chi connectivity index (χ1n) is 5.97. The molecule has 0 radical (unpaired) electrons. The number of nitrogens with zero attached hydrogens (tertiary/aromatic N) is 3. The minimum Gasteiger partial charge on any atom is -0.409 e. The van der Waals surface area contributed by atoms with E-state index in [1.807, 2.05) is 29.0 Å². The molecule has 0 aliphatic carbocycles. The summed E-state index contributed by atoms with van der Waals surface area (Å²) < 4.78 is 2.83. The minimum absolute atomic E-state index is 0.0763. The summed E-state index contributed by atoms with van der Waals surface area (Å²) in [6, 6.07) is 5.65. The molecule has 5 nitrogen and oxygen atoms in total. The number of aromatic nitrogens is 2. The molecule has 0 saturated carbocycles. The predicted molar refractivity (Wildman–Crippen MR) is 77.8 cm³/mol. The lowest BCUT2D eigenvalue weighted by atomic mass is 10.1. The highest BCUT2D eigenvalue weighted by molar-refractivity contribution is 9.10. The van der Waals surface area contributed by atoms with Crippen LogP contribution in [-0.2, 0) is 6.42 Å². The van der Waals surface area contributed by atoms with Crippen LogP contribution in [0.15, 0.2) is 40.2 Å². The van der Waals surface area contributed by atoms with Gasteiger partial charge >= 0.3 is 0 Å². The molecule has 0 aliphatic rings. The number of hydrogen-bond acceptors (Lipinski definition) is 3. The normalized spacial score (nSPS) is 11.8. The van der Waals surface area contributed by atoms with Gasteiger partial charge < -0.3 is 15.5 Å². The van der Waals surface area contributed by atoms with Crippen LogP contribution in [0.1, 0.15) is 24.7 Å². The van der Waals surface area contributed by atoms with E-state index in [1.165, 1.54) is 0 Å². The van der Waals surface area contributed by atoms with Crippen LogP contribution in [0.4, 0.5) is 0 Å². The van der Waals surface area contributed by atoms with Crippen LogP contribution < -0.4 is 5.73 Å². The van der Waals surface area contributed by atoms with Gasteiger partial charge in [-0.3, -0.25) is 0 Å². The molecule has 1 aromatic heterocycles. The average molecular weight is 323 g/mol. The Morgan fingerprint density at radius 3 is 3.00 bits per heavy atom. The fourth-order valence-corrected chi connectivity index (χ4v) is 2.30. The summed E-state index contributed by atoms with van der Waals surface area (Å²) in [6.45, 7) is 2.10. The second kappa shape index (κ2) is 5.88. The molecule has 100 valence electrons. The maximum Gasteiger partial charge on any atom is 0.172 e. The van der Waals surface area contributed by atoms with Crippen molar-refractivity contribution >= 4 is 21.8 Å². The lowest BCUT2D eigenvalue weighted by molar-refractivity contribution is 0.318. The van der Waals surface area contributed by atoms with E-state index < -0.39 is 0 Å². The van der Waals surface area contributed by atoms with Crippen molar-refractivity contribution in [2.75, 3.05) is 0 Å². The Hall–Kier alpha value is -1.82. The van der Waals surface area contributed by atoms with Crippen molar-refractivity contribution in [3.8, 4) is 5.69 Å². The quantitative estimate of drug-likeness (QED) is 0.393. The first kappa shape index (κ1) is 13.6. The highest BCUT2D eigenvalue weighted by Gasteiger charge is 2.12. The van der Waals surface area contributed by atoms with Gasteiger partial charge in [0.15, 0.2) is 5.84 Å². The van der Waals surface area contributed by atoms with Gasteiger partial charge in [0.05, 0.1) is 5.69 Å². The molecule has 2 rings (SSSR count). The first-order chi connectivity index (χ1) is 9.17. The summed E-state index contributed by atoms with van der Waals surface area (Å²) in [6.07, 6.45) is 5.51. The lowest BCUT2D eigenvalue weighted by Gasteiger charge is -2.12. The Kier molecular flexibility index (Phi) is 4.21. The van der Waals surface area contributed by atoms with Gasteiger partial charge in [0.25, 0.3) is 0 Å². The monoisotopic (exact) mass is 322 g/mol. The fraction of sp³-hybridized carbons (Fsp3) is 0.231. The Morgan fingerprint density at radius 1 is 1.53 bits per heavy atom. The van der Waals surface area contributed by atoms with Crippen molar-refractivity contribution < 1.29 is 5.21 Å². The van der Waals surface area contributed by atoms with Gasteiger partial charge in [-0.15, -0.1) is 0 Å². The molecule has 19 heavy (non-hydrogen) atoms. The third-order valence-electron chi connectivity index (χ3n) is 2.79. The standard InChI is InChI=1S/C13H15BrN4O/c1-2-3-12-16-6-7-18(12)11-5-4-9(14)8-10(11)13(15)17-19/h4-8,19H,2-3H2,1H3,(H2,15,17). The van der Waals surface area contributed by atoms with Crippen molar-refractivity contribution in [2.45, 2.75) is 19.8 Å². The van der Waals surface area contributed by atoms with Crippen LogP contribution in [0, 0.1) is 0 Å². The third kappa shape index (κ3) is 2.78. The van der Waals surface area contributed by atoms with Crippen LogP contribution in [-0.4, -0.2) is 20.6 Å². The van der Waals surface area contributed by atoms with Gasteiger partial charge in [0, 0.05) is 28.9 Å². The van der Waals surface area contributed by atoms with Crippen LogP contribution in [0.25, 0.3) is 5.69 Å². The molecule has 0 unspecified atom stereocenters. The highest BCUT2D eigenvalue weighted by Crippen LogP contribution is 2.21. The molecule has 0 bridgehead atoms. The van der Waals surface area contributed by atoms with Crippen molar-refractivity contribution in [1.29, 1.82) is 0 Å². The second-order valence-electron chi connectivity index (χ2n) is 4.11. The molecule has 0 fully saturated rings. The number of nitrogens with two attached hydrogens (primary N) is 1. The van der Waals surface area contributed by atoms with Gasteiger partial charge in [0.1, 0.15) is 5.82 Å². The number of amidine groups is 1. The highest BCUT2D eigenvalue weighted by atomic mass is 79.9. The second-order valence-corrected chi connectivity index (χ2v) is 5.03. The number of hydrogen-bond donors (Lipinski definition) is 2. The smallest absolute Gasteiger partial charge is 0.172 e. The van der Waals surface area contributed by atoms with Crippen molar-refractivity contribution in [3.05, 3.63) is 46.5 Å².